The summed E-state index contributed by atoms with van der Waals surface area (Å²) >= 11 is 0. The molecule has 0 fully saturated rings. The summed E-state index contributed by atoms with van der Waals surface area (Å²) in [4.78, 5) is 12.0. The summed E-state index contributed by atoms with van der Waals surface area (Å²) in [5.41, 5.74) is 3.53. The fourth-order valence-electron chi connectivity index (χ4n) is 2.14. The van der Waals surface area contributed by atoms with Crippen LogP contribution in [0.1, 0.15) is 36.0 Å². The SMILES string of the molecule is Cc1ccc([C@H](C)CC(=O)C=Cc2ccccc2)cc1. The molecule has 0 saturated heterocycles. The van der Waals surface area contributed by atoms with Crippen LogP contribution in [0.2, 0.25) is 0 Å². The average molecular weight is 264 g/mol. The normalized spacial score (nSPS) is 12.5. The molecule has 2 aromatic rings. The molecule has 1 nitrogen and oxygen atoms in total. The van der Waals surface area contributed by atoms with E-state index in [9.17, 15) is 4.79 Å². The number of hydrogen-bond donors (Lipinski definition) is 0. The van der Waals surface area contributed by atoms with Gasteiger partial charge in [0.15, 0.2) is 5.78 Å². The molecule has 0 aliphatic carbocycles. The van der Waals surface area contributed by atoms with Gasteiger partial charge in [0.2, 0.25) is 0 Å². The van der Waals surface area contributed by atoms with Crippen molar-refractivity contribution in [1.82, 2.24) is 0 Å². The molecule has 1 atom stereocenters. The van der Waals surface area contributed by atoms with Gasteiger partial charge in [0.25, 0.3) is 0 Å². The van der Waals surface area contributed by atoms with Crippen LogP contribution in [-0.2, 0) is 4.79 Å². The summed E-state index contributed by atoms with van der Waals surface area (Å²) in [7, 11) is 0. The predicted octanol–water partition coefficient (Wildman–Crippen LogP) is 4.77. The quantitative estimate of drug-likeness (QED) is 0.711. The number of ketones is 1. The van der Waals surface area contributed by atoms with Gasteiger partial charge in [-0.2, -0.15) is 0 Å². The number of carbonyl (C=O) groups is 1. The second-order valence-electron chi connectivity index (χ2n) is 5.23. The van der Waals surface area contributed by atoms with Gasteiger partial charge in [-0.1, -0.05) is 73.2 Å². The molecule has 0 bridgehead atoms. The lowest BCUT2D eigenvalue weighted by molar-refractivity contribution is -0.114. The minimum atomic E-state index is 0.168. The summed E-state index contributed by atoms with van der Waals surface area (Å²) < 4.78 is 0. The van der Waals surface area contributed by atoms with Crippen molar-refractivity contribution in [2.45, 2.75) is 26.2 Å². The first-order valence-electron chi connectivity index (χ1n) is 6.97. The van der Waals surface area contributed by atoms with Crippen molar-refractivity contribution in [2.75, 3.05) is 0 Å². The maximum atomic E-state index is 12.0. The van der Waals surface area contributed by atoms with E-state index >= 15 is 0 Å². The number of aryl methyl sites for hydroxylation is 1. The molecular formula is C19H20O. The minimum Gasteiger partial charge on any atom is -0.295 e. The summed E-state index contributed by atoms with van der Waals surface area (Å²) in [6, 6.07) is 18.3. The fourth-order valence-corrected chi connectivity index (χ4v) is 2.14. The Hall–Kier alpha value is -2.15. The fraction of sp³-hybridized carbons (Fsp3) is 0.211. The summed E-state index contributed by atoms with van der Waals surface area (Å²) in [6.45, 7) is 4.17. The minimum absolute atomic E-state index is 0.168. The Bertz CT molecular complexity index is 579. The third-order valence-electron chi connectivity index (χ3n) is 3.42. The molecule has 20 heavy (non-hydrogen) atoms. The van der Waals surface area contributed by atoms with E-state index in [1.165, 1.54) is 11.1 Å². The number of hydrogen-bond acceptors (Lipinski definition) is 1. The highest BCUT2D eigenvalue weighted by Crippen LogP contribution is 2.20. The molecule has 0 aromatic heterocycles. The molecule has 0 unspecified atom stereocenters. The van der Waals surface area contributed by atoms with Crippen LogP contribution in [0.25, 0.3) is 6.08 Å². The van der Waals surface area contributed by atoms with Crippen molar-refractivity contribution in [3.05, 3.63) is 77.4 Å². The van der Waals surface area contributed by atoms with Crippen LogP contribution in [0.15, 0.2) is 60.7 Å². The van der Waals surface area contributed by atoms with E-state index in [1.54, 1.807) is 6.08 Å². The smallest absolute Gasteiger partial charge is 0.156 e. The van der Waals surface area contributed by atoms with Crippen molar-refractivity contribution in [2.24, 2.45) is 0 Å². The molecule has 0 N–H and O–H groups in total. The van der Waals surface area contributed by atoms with Crippen LogP contribution in [0, 0.1) is 6.92 Å². The Balaban J connectivity index is 1.94. The second kappa shape index (κ2) is 6.85. The third kappa shape index (κ3) is 4.20. The molecule has 0 radical (unpaired) electrons. The first-order chi connectivity index (χ1) is 9.65. The summed E-state index contributed by atoms with van der Waals surface area (Å²) in [5, 5.41) is 0. The van der Waals surface area contributed by atoms with E-state index in [2.05, 4.69) is 38.1 Å². The van der Waals surface area contributed by atoms with E-state index in [4.69, 9.17) is 0 Å². The highest BCUT2D eigenvalue weighted by Gasteiger charge is 2.08. The lowest BCUT2D eigenvalue weighted by Gasteiger charge is -2.09. The van der Waals surface area contributed by atoms with Gasteiger partial charge < -0.3 is 0 Å². The Morgan fingerprint density at radius 1 is 1.05 bits per heavy atom. The molecule has 0 heterocycles. The van der Waals surface area contributed by atoms with Crippen LogP contribution in [-0.4, -0.2) is 5.78 Å². The highest BCUT2D eigenvalue weighted by molar-refractivity contribution is 5.94. The van der Waals surface area contributed by atoms with Crippen molar-refractivity contribution < 1.29 is 4.79 Å². The van der Waals surface area contributed by atoms with Crippen LogP contribution in [0.3, 0.4) is 0 Å². The molecular weight excluding hydrogens is 244 g/mol. The summed E-state index contributed by atoms with van der Waals surface area (Å²) in [6.07, 6.45) is 4.11. The molecule has 0 aliphatic rings. The number of allylic oxidation sites excluding steroid dienone is 1. The highest BCUT2D eigenvalue weighted by atomic mass is 16.1. The zero-order valence-electron chi connectivity index (χ0n) is 12.0. The first kappa shape index (κ1) is 14.3. The van der Waals surface area contributed by atoms with Gasteiger partial charge in [-0.15, -0.1) is 0 Å². The van der Waals surface area contributed by atoms with E-state index < -0.39 is 0 Å². The van der Waals surface area contributed by atoms with Crippen LogP contribution in [0.5, 0.6) is 0 Å². The topological polar surface area (TPSA) is 17.1 Å². The average Bonchev–Trinajstić information content (AvgIpc) is 2.47. The standard InChI is InChI=1S/C19H20O/c1-15-8-11-18(12-9-15)16(2)14-19(20)13-10-17-6-4-3-5-7-17/h3-13,16H,14H2,1-2H3/t16-/m1/s1. The van der Waals surface area contributed by atoms with E-state index in [0.29, 0.717) is 6.42 Å². The Kier molecular flexibility index (Phi) is 4.89. The van der Waals surface area contributed by atoms with Crippen molar-refractivity contribution in [1.29, 1.82) is 0 Å². The molecule has 0 aliphatic heterocycles. The maximum absolute atomic E-state index is 12.0. The zero-order chi connectivity index (χ0) is 14.4. The van der Waals surface area contributed by atoms with Crippen molar-refractivity contribution in [3.63, 3.8) is 0 Å². The van der Waals surface area contributed by atoms with Gasteiger partial charge in [0.1, 0.15) is 0 Å². The zero-order valence-corrected chi connectivity index (χ0v) is 12.0. The Morgan fingerprint density at radius 3 is 2.35 bits per heavy atom. The number of benzene rings is 2. The molecule has 2 aromatic carbocycles. The van der Waals surface area contributed by atoms with Gasteiger partial charge >= 0.3 is 0 Å². The molecule has 102 valence electrons. The first-order valence-corrected chi connectivity index (χ1v) is 6.97. The Labute approximate surface area is 121 Å². The number of carbonyl (C=O) groups excluding carboxylic acids is 1. The van der Waals surface area contributed by atoms with Gasteiger partial charge in [-0.25, -0.2) is 0 Å². The van der Waals surface area contributed by atoms with Gasteiger partial charge in [-0.3, -0.25) is 4.79 Å². The van der Waals surface area contributed by atoms with Crippen LogP contribution < -0.4 is 0 Å². The van der Waals surface area contributed by atoms with Gasteiger partial charge in [0, 0.05) is 6.42 Å². The summed E-state index contributed by atoms with van der Waals surface area (Å²) in [5.74, 6) is 0.422. The molecule has 0 saturated carbocycles. The second-order valence-corrected chi connectivity index (χ2v) is 5.23. The predicted molar refractivity (Wildman–Crippen MR) is 84.7 cm³/mol. The molecule has 1 heteroatoms. The van der Waals surface area contributed by atoms with Gasteiger partial charge in [0.05, 0.1) is 0 Å². The van der Waals surface area contributed by atoms with Gasteiger partial charge in [-0.05, 0) is 30.0 Å². The van der Waals surface area contributed by atoms with Crippen molar-refractivity contribution in [3.8, 4) is 0 Å². The molecule has 0 amide bonds. The van der Waals surface area contributed by atoms with E-state index in [0.717, 1.165) is 5.56 Å². The van der Waals surface area contributed by atoms with Crippen LogP contribution in [0.4, 0.5) is 0 Å². The lowest BCUT2D eigenvalue weighted by Crippen LogP contribution is -2.01. The largest absolute Gasteiger partial charge is 0.295 e. The Morgan fingerprint density at radius 2 is 1.70 bits per heavy atom. The maximum Gasteiger partial charge on any atom is 0.156 e. The van der Waals surface area contributed by atoms with Crippen molar-refractivity contribution >= 4 is 11.9 Å². The van der Waals surface area contributed by atoms with Crippen LogP contribution >= 0.6 is 0 Å². The third-order valence-corrected chi connectivity index (χ3v) is 3.42. The van der Waals surface area contributed by atoms with E-state index in [-0.39, 0.29) is 11.7 Å². The molecule has 0 spiro atoms. The number of rotatable bonds is 5. The molecule has 2 rings (SSSR count). The van der Waals surface area contributed by atoms with E-state index in [1.807, 2.05) is 36.4 Å². The lowest BCUT2D eigenvalue weighted by atomic mass is 9.95. The monoisotopic (exact) mass is 264 g/mol.